The molecule has 0 fully saturated rings. The van der Waals surface area contributed by atoms with Gasteiger partial charge in [-0.15, -0.1) is 0 Å². The molecule has 168 valence electrons. The van der Waals surface area contributed by atoms with Gasteiger partial charge in [0.15, 0.2) is 5.65 Å². The van der Waals surface area contributed by atoms with Crippen LogP contribution in [0.5, 0.6) is 0 Å². The molecule has 0 saturated heterocycles. The van der Waals surface area contributed by atoms with Crippen LogP contribution in [0, 0.1) is 6.92 Å². The number of carbonyl (C=O) groups excluding carboxylic acids is 1. The van der Waals surface area contributed by atoms with Crippen molar-refractivity contribution >= 4 is 38.9 Å². The molecule has 7 heteroatoms. The number of fused-ring (bicyclic) bond motifs is 1. The first-order valence-electron chi connectivity index (χ1n) is 10.5. The van der Waals surface area contributed by atoms with E-state index >= 15 is 0 Å². The fourth-order valence-electron chi connectivity index (χ4n) is 3.88. The molecule has 0 N–H and O–H groups in total. The summed E-state index contributed by atoms with van der Waals surface area (Å²) in [4.78, 5) is 15.8. The lowest BCUT2D eigenvalue weighted by Gasteiger charge is -2.08. The van der Waals surface area contributed by atoms with Crippen molar-refractivity contribution in [3.63, 3.8) is 0 Å². The van der Waals surface area contributed by atoms with Crippen LogP contribution in [-0.4, -0.2) is 23.7 Å². The van der Waals surface area contributed by atoms with Gasteiger partial charge in [0.2, 0.25) is 0 Å². The number of rotatable bonds is 5. The molecule has 5 aromatic rings. The number of hydrogen-bond donors (Lipinski definition) is 0. The van der Waals surface area contributed by atoms with Gasteiger partial charge >= 0.3 is 0 Å². The van der Waals surface area contributed by atoms with E-state index in [1.807, 2.05) is 37.3 Å². The van der Waals surface area contributed by atoms with Crippen LogP contribution in [0.3, 0.4) is 0 Å². The number of pyridine rings is 1. The Kier molecular flexibility index (Phi) is 5.55. The molecule has 0 atom stereocenters. The summed E-state index contributed by atoms with van der Waals surface area (Å²) < 4.78 is 28.3. The Morgan fingerprint density at radius 3 is 2.29 bits per heavy atom. The van der Waals surface area contributed by atoms with Crippen molar-refractivity contribution in [2.75, 3.05) is 0 Å². The van der Waals surface area contributed by atoms with Gasteiger partial charge in [0.1, 0.15) is 6.29 Å². The molecule has 0 amide bonds. The molecule has 0 aliphatic carbocycles. The average Bonchev–Trinajstić information content (AvgIpc) is 3.24. The molecule has 0 unspecified atom stereocenters. The molecule has 0 bridgehead atoms. The van der Waals surface area contributed by atoms with Gasteiger partial charge in [-0.2, -0.15) is 0 Å². The molecule has 34 heavy (non-hydrogen) atoms. The van der Waals surface area contributed by atoms with E-state index in [2.05, 4.69) is 4.98 Å². The van der Waals surface area contributed by atoms with Gasteiger partial charge < -0.3 is 0 Å². The molecule has 0 radical (unpaired) electrons. The van der Waals surface area contributed by atoms with Gasteiger partial charge in [0.05, 0.1) is 4.90 Å². The first-order valence-corrected chi connectivity index (χ1v) is 12.3. The first-order chi connectivity index (χ1) is 16.4. The van der Waals surface area contributed by atoms with E-state index in [4.69, 9.17) is 11.6 Å². The van der Waals surface area contributed by atoms with Crippen molar-refractivity contribution < 1.29 is 13.2 Å². The molecule has 5 nitrogen and oxygen atoms in total. The summed E-state index contributed by atoms with van der Waals surface area (Å²) in [6, 6.07) is 23.1. The Labute approximate surface area is 202 Å². The number of benzene rings is 3. The highest BCUT2D eigenvalue weighted by atomic mass is 35.5. The Hall–Kier alpha value is -3.74. The second-order valence-electron chi connectivity index (χ2n) is 8.00. The number of aromatic nitrogens is 2. The minimum atomic E-state index is -3.88. The number of halogens is 1. The zero-order valence-corrected chi connectivity index (χ0v) is 19.7. The SMILES string of the molecule is Cc1ccc(S(=O)(=O)n2cc(-c3cccc(Cl)c3)c3cc(-c4ccc(C=O)cc4)cnc32)cc1. The maximum absolute atomic E-state index is 13.6. The van der Waals surface area contributed by atoms with Crippen molar-refractivity contribution in [3.05, 3.63) is 107 Å². The average molecular weight is 487 g/mol. The Morgan fingerprint density at radius 2 is 1.62 bits per heavy atom. The van der Waals surface area contributed by atoms with Gasteiger partial charge in [0.25, 0.3) is 10.0 Å². The van der Waals surface area contributed by atoms with Crippen LogP contribution in [0.25, 0.3) is 33.3 Å². The minimum Gasteiger partial charge on any atom is -0.298 e. The van der Waals surface area contributed by atoms with E-state index in [9.17, 15) is 13.2 Å². The third-order valence-electron chi connectivity index (χ3n) is 5.71. The van der Waals surface area contributed by atoms with E-state index in [0.717, 1.165) is 28.5 Å². The quantitative estimate of drug-likeness (QED) is 0.270. The van der Waals surface area contributed by atoms with E-state index in [1.54, 1.807) is 60.9 Å². The molecule has 0 aliphatic rings. The van der Waals surface area contributed by atoms with Crippen LogP contribution in [-0.2, 0) is 10.0 Å². The van der Waals surface area contributed by atoms with Gasteiger partial charge in [-0.05, 0) is 48.4 Å². The summed E-state index contributed by atoms with van der Waals surface area (Å²) in [7, 11) is -3.88. The van der Waals surface area contributed by atoms with E-state index in [0.29, 0.717) is 27.2 Å². The number of nitrogens with zero attached hydrogens (tertiary/aromatic N) is 2. The molecule has 0 aliphatic heterocycles. The van der Waals surface area contributed by atoms with Gasteiger partial charge in [-0.1, -0.05) is 65.7 Å². The Morgan fingerprint density at radius 1 is 0.882 bits per heavy atom. The molecule has 0 spiro atoms. The predicted octanol–water partition coefficient (Wildman–Crippen LogP) is 6.38. The fourth-order valence-corrected chi connectivity index (χ4v) is 5.40. The van der Waals surface area contributed by atoms with Crippen LogP contribution < -0.4 is 0 Å². The molecule has 5 rings (SSSR count). The normalized spacial score (nSPS) is 11.6. The summed E-state index contributed by atoms with van der Waals surface area (Å²) in [5.74, 6) is 0. The van der Waals surface area contributed by atoms with E-state index in [1.165, 1.54) is 3.97 Å². The van der Waals surface area contributed by atoms with E-state index in [-0.39, 0.29) is 4.90 Å². The highest BCUT2D eigenvalue weighted by Crippen LogP contribution is 2.35. The largest absolute Gasteiger partial charge is 0.298 e. The summed E-state index contributed by atoms with van der Waals surface area (Å²) in [5.41, 5.74) is 5.03. The van der Waals surface area contributed by atoms with Crippen molar-refractivity contribution in [3.8, 4) is 22.3 Å². The van der Waals surface area contributed by atoms with Crippen molar-refractivity contribution in [2.45, 2.75) is 11.8 Å². The van der Waals surface area contributed by atoms with Crippen LogP contribution >= 0.6 is 11.6 Å². The summed E-state index contributed by atoms with van der Waals surface area (Å²) in [6.45, 7) is 1.91. The molecule has 2 aromatic heterocycles. The second kappa shape index (κ2) is 8.56. The van der Waals surface area contributed by atoms with Crippen molar-refractivity contribution in [1.82, 2.24) is 8.96 Å². The smallest absolute Gasteiger partial charge is 0.269 e. The molecular formula is C27H19ClN2O3S. The topological polar surface area (TPSA) is 69.0 Å². The lowest BCUT2D eigenvalue weighted by atomic mass is 10.0. The van der Waals surface area contributed by atoms with E-state index < -0.39 is 10.0 Å². The number of aldehydes is 1. The van der Waals surface area contributed by atoms with Crippen molar-refractivity contribution in [2.24, 2.45) is 0 Å². The third-order valence-corrected chi connectivity index (χ3v) is 7.60. The first kappa shape index (κ1) is 22.1. The standard InChI is InChI=1S/C27H19ClN2O3S/c1-18-5-11-24(12-6-18)34(32,33)30-16-26(21-3-2-4-23(28)13-21)25-14-22(15-29-27(25)30)20-9-7-19(17-31)8-10-20/h2-17H,1H3. The molecule has 3 aromatic carbocycles. The van der Waals surface area contributed by atoms with Crippen LogP contribution in [0.15, 0.2) is 96.2 Å². The number of carbonyl (C=O) groups is 1. The zero-order chi connectivity index (χ0) is 23.9. The van der Waals surface area contributed by atoms with Crippen LogP contribution in [0.1, 0.15) is 15.9 Å². The fraction of sp³-hybridized carbons (Fsp3) is 0.0370. The monoisotopic (exact) mass is 486 g/mol. The minimum absolute atomic E-state index is 0.183. The third kappa shape index (κ3) is 3.91. The van der Waals surface area contributed by atoms with Crippen LogP contribution in [0.4, 0.5) is 0 Å². The lowest BCUT2D eigenvalue weighted by molar-refractivity contribution is 0.112. The highest BCUT2D eigenvalue weighted by Gasteiger charge is 2.23. The van der Waals surface area contributed by atoms with Crippen molar-refractivity contribution in [1.29, 1.82) is 0 Å². The molecule has 2 heterocycles. The molecule has 0 saturated carbocycles. The summed E-state index contributed by atoms with van der Waals surface area (Å²) >= 11 is 6.24. The summed E-state index contributed by atoms with van der Waals surface area (Å²) in [6.07, 6.45) is 4.03. The lowest BCUT2D eigenvalue weighted by Crippen LogP contribution is -2.12. The maximum Gasteiger partial charge on any atom is 0.269 e. The van der Waals surface area contributed by atoms with Gasteiger partial charge in [0, 0.05) is 39.5 Å². The number of hydrogen-bond acceptors (Lipinski definition) is 4. The Balaban J connectivity index is 1.75. The zero-order valence-electron chi connectivity index (χ0n) is 18.1. The Bertz CT molecular complexity index is 1640. The number of aryl methyl sites for hydroxylation is 1. The van der Waals surface area contributed by atoms with Crippen LogP contribution in [0.2, 0.25) is 5.02 Å². The highest BCUT2D eigenvalue weighted by molar-refractivity contribution is 7.90. The predicted molar refractivity (Wildman–Crippen MR) is 135 cm³/mol. The van der Waals surface area contributed by atoms with Gasteiger partial charge in [-0.3, -0.25) is 4.79 Å². The molecular weight excluding hydrogens is 468 g/mol. The summed E-state index contributed by atoms with van der Waals surface area (Å²) in [5, 5.41) is 1.23. The maximum atomic E-state index is 13.6. The van der Waals surface area contributed by atoms with Gasteiger partial charge in [-0.25, -0.2) is 17.4 Å². The second-order valence-corrected chi connectivity index (χ2v) is 10.3.